The van der Waals surface area contributed by atoms with Crippen LogP contribution in [0, 0.1) is 11.3 Å². The van der Waals surface area contributed by atoms with Gasteiger partial charge in [-0.3, -0.25) is 29.0 Å². The standard InChI is InChI=1S/C24H19N3O6/c1-3-26-21(29)16-6-4-14(10-18(16)23(26)31)20-7-5-15(33-20)11-17-13(2)19(12-25)24(32)27(8-9-28)22(17)30/h4-7,10-11,28H,3,8-9H2,1-2H3/b17-11+. The first-order valence-electron chi connectivity index (χ1n) is 10.2. The van der Waals surface area contributed by atoms with Crippen molar-refractivity contribution in [3.63, 3.8) is 0 Å². The fourth-order valence-electron chi connectivity index (χ4n) is 3.89. The molecule has 0 spiro atoms. The van der Waals surface area contributed by atoms with Gasteiger partial charge in [0.05, 0.1) is 24.3 Å². The lowest BCUT2D eigenvalue weighted by Crippen LogP contribution is -2.44. The lowest BCUT2D eigenvalue weighted by Gasteiger charge is -2.26. The van der Waals surface area contributed by atoms with E-state index in [2.05, 4.69) is 0 Å². The van der Waals surface area contributed by atoms with Gasteiger partial charge in [0.15, 0.2) is 0 Å². The van der Waals surface area contributed by atoms with E-state index in [9.17, 15) is 29.5 Å². The summed E-state index contributed by atoms with van der Waals surface area (Å²) in [7, 11) is 0. The van der Waals surface area contributed by atoms with Crippen molar-refractivity contribution in [2.45, 2.75) is 13.8 Å². The zero-order valence-corrected chi connectivity index (χ0v) is 17.9. The first-order valence-corrected chi connectivity index (χ1v) is 10.2. The minimum Gasteiger partial charge on any atom is -0.457 e. The number of fused-ring (bicyclic) bond motifs is 1. The molecule has 0 fully saturated rings. The number of carbonyl (C=O) groups excluding carboxylic acids is 4. The molecule has 4 amide bonds. The molecule has 2 aliphatic rings. The van der Waals surface area contributed by atoms with Crippen LogP contribution in [-0.2, 0) is 9.59 Å². The maximum Gasteiger partial charge on any atom is 0.271 e. The van der Waals surface area contributed by atoms with Crippen molar-refractivity contribution in [1.82, 2.24) is 9.80 Å². The minimum absolute atomic E-state index is 0.105. The van der Waals surface area contributed by atoms with E-state index in [0.29, 0.717) is 28.2 Å². The van der Waals surface area contributed by atoms with Gasteiger partial charge in [-0.15, -0.1) is 0 Å². The second-order valence-electron chi connectivity index (χ2n) is 7.47. The first kappa shape index (κ1) is 21.9. The van der Waals surface area contributed by atoms with Crippen molar-refractivity contribution < 1.29 is 28.7 Å². The Balaban J connectivity index is 1.71. The van der Waals surface area contributed by atoms with Gasteiger partial charge < -0.3 is 9.52 Å². The van der Waals surface area contributed by atoms with Crippen molar-refractivity contribution in [3.05, 3.63) is 63.9 Å². The fourth-order valence-corrected chi connectivity index (χ4v) is 3.89. The monoisotopic (exact) mass is 445 g/mol. The van der Waals surface area contributed by atoms with Gasteiger partial charge in [0.1, 0.15) is 23.2 Å². The van der Waals surface area contributed by atoms with E-state index in [1.807, 2.05) is 6.07 Å². The van der Waals surface area contributed by atoms with Gasteiger partial charge in [-0.1, -0.05) is 6.07 Å². The van der Waals surface area contributed by atoms with E-state index in [4.69, 9.17) is 4.42 Å². The number of aliphatic hydroxyl groups excluding tert-OH is 1. The molecule has 4 rings (SSSR count). The van der Waals surface area contributed by atoms with E-state index in [0.717, 1.165) is 4.90 Å². The summed E-state index contributed by atoms with van der Waals surface area (Å²) in [5, 5.41) is 18.5. The van der Waals surface area contributed by atoms with Crippen LogP contribution in [-0.4, -0.2) is 58.2 Å². The van der Waals surface area contributed by atoms with Crippen molar-refractivity contribution in [3.8, 4) is 17.4 Å². The predicted octanol–water partition coefficient (Wildman–Crippen LogP) is 2.15. The molecule has 1 aromatic carbocycles. The van der Waals surface area contributed by atoms with Gasteiger partial charge >= 0.3 is 0 Å². The zero-order chi connectivity index (χ0) is 23.9. The number of hydrogen-bond donors (Lipinski definition) is 1. The number of imide groups is 2. The Hall–Kier alpha value is -4.29. The predicted molar refractivity (Wildman–Crippen MR) is 115 cm³/mol. The number of nitriles is 1. The molecule has 9 nitrogen and oxygen atoms in total. The summed E-state index contributed by atoms with van der Waals surface area (Å²) >= 11 is 0. The maximum absolute atomic E-state index is 12.8. The highest BCUT2D eigenvalue weighted by Crippen LogP contribution is 2.31. The smallest absolute Gasteiger partial charge is 0.271 e. The molecule has 0 saturated heterocycles. The molecule has 0 atom stereocenters. The van der Waals surface area contributed by atoms with E-state index in [1.54, 1.807) is 37.3 Å². The van der Waals surface area contributed by atoms with E-state index in [-0.39, 0.29) is 41.6 Å². The maximum atomic E-state index is 12.8. The lowest BCUT2D eigenvalue weighted by molar-refractivity contribution is -0.141. The second-order valence-corrected chi connectivity index (χ2v) is 7.47. The number of β-amino-alcohol motifs (C(OH)–C–C–N with tert-alkyl or cyclic N) is 1. The number of rotatable bonds is 5. The van der Waals surface area contributed by atoms with E-state index < -0.39 is 18.4 Å². The molecule has 1 N–H and O–H groups in total. The Morgan fingerprint density at radius 3 is 2.39 bits per heavy atom. The molecule has 2 aliphatic heterocycles. The van der Waals surface area contributed by atoms with Crippen LogP contribution in [0.25, 0.3) is 17.4 Å². The molecule has 33 heavy (non-hydrogen) atoms. The summed E-state index contributed by atoms with van der Waals surface area (Å²) in [6.45, 7) is 2.85. The van der Waals surface area contributed by atoms with E-state index in [1.165, 1.54) is 17.9 Å². The molecule has 0 unspecified atom stereocenters. The number of hydrogen-bond acceptors (Lipinski definition) is 7. The summed E-state index contributed by atoms with van der Waals surface area (Å²) in [5.74, 6) is -1.37. The van der Waals surface area contributed by atoms with Crippen LogP contribution in [0.15, 0.2) is 51.5 Å². The SMILES string of the molecule is CCN1C(=O)c2ccc(-c3ccc(/C=C4/C(=O)N(CCO)C(=O)C(C#N)=C4C)o3)cc2C1=O. The van der Waals surface area contributed by atoms with Crippen LogP contribution in [0.5, 0.6) is 0 Å². The van der Waals surface area contributed by atoms with Crippen molar-refractivity contribution in [2.75, 3.05) is 19.7 Å². The highest BCUT2D eigenvalue weighted by Gasteiger charge is 2.36. The Morgan fingerprint density at radius 2 is 1.73 bits per heavy atom. The average molecular weight is 445 g/mol. The number of carbonyl (C=O) groups is 4. The van der Waals surface area contributed by atoms with Gasteiger partial charge in [-0.25, -0.2) is 0 Å². The zero-order valence-electron chi connectivity index (χ0n) is 17.9. The quantitative estimate of drug-likeness (QED) is 0.551. The van der Waals surface area contributed by atoms with Crippen LogP contribution < -0.4 is 0 Å². The van der Waals surface area contributed by atoms with Gasteiger partial charge in [-0.05, 0) is 49.8 Å². The Kier molecular flexibility index (Phi) is 5.54. The average Bonchev–Trinajstić information content (AvgIpc) is 3.37. The number of benzene rings is 1. The number of nitrogens with zero attached hydrogens (tertiary/aromatic N) is 3. The van der Waals surface area contributed by atoms with Crippen molar-refractivity contribution in [1.29, 1.82) is 5.26 Å². The Morgan fingerprint density at radius 1 is 1.00 bits per heavy atom. The van der Waals surface area contributed by atoms with Crippen LogP contribution in [0.1, 0.15) is 40.3 Å². The molecule has 1 aromatic heterocycles. The van der Waals surface area contributed by atoms with Crippen molar-refractivity contribution in [2.24, 2.45) is 0 Å². The molecular formula is C24H19N3O6. The van der Waals surface area contributed by atoms with Crippen LogP contribution >= 0.6 is 0 Å². The van der Waals surface area contributed by atoms with Gasteiger partial charge in [-0.2, -0.15) is 5.26 Å². The third-order valence-corrected chi connectivity index (χ3v) is 5.63. The minimum atomic E-state index is -0.746. The van der Waals surface area contributed by atoms with E-state index >= 15 is 0 Å². The highest BCUT2D eigenvalue weighted by atomic mass is 16.3. The summed E-state index contributed by atoms with van der Waals surface area (Å²) in [5.41, 5.74) is 1.37. The summed E-state index contributed by atoms with van der Waals surface area (Å²) in [6.07, 6.45) is 1.43. The topological polar surface area (TPSA) is 132 Å². The van der Waals surface area contributed by atoms with Crippen LogP contribution in [0.3, 0.4) is 0 Å². The van der Waals surface area contributed by atoms with Gasteiger partial charge in [0.2, 0.25) is 0 Å². The third-order valence-electron chi connectivity index (χ3n) is 5.63. The number of aliphatic hydroxyl groups is 1. The molecule has 0 bridgehead atoms. The van der Waals surface area contributed by atoms with Crippen LogP contribution in [0.2, 0.25) is 0 Å². The summed E-state index contributed by atoms with van der Waals surface area (Å²) in [4.78, 5) is 51.9. The molecule has 3 heterocycles. The molecule has 0 saturated carbocycles. The largest absolute Gasteiger partial charge is 0.457 e. The first-order chi connectivity index (χ1) is 15.8. The number of furan rings is 1. The lowest BCUT2D eigenvalue weighted by atomic mass is 9.95. The van der Waals surface area contributed by atoms with Gasteiger partial charge in [0.25, 0.3) is 23.6 Å². The molecule has 2 aromatic rings. The van der Waals surface area contributed by atoms with Crippen LogP contribution in [0.4, 0.5) is 0 Å². The van der Waals surface area contributed by atoms with Crippen molar-refractivity contribution >= 4 is 29.7 Å². The molecule has 0 radical (unpaired) electrons. The molecule has 0 aliphatic carbocycles. The molecule has 166 valence electrons. The second kappa shape index (κ2) is 8.33. The van der Waals surface area contributed by atoms with Gasteiger partial charge in [0, 0.05) is 17.7 Å². The number of amides is 4. The molecule has 9 heteroatoms. The third kappa shape index (κ3) is 3.46. The summed E-state index contributed by atoms with van der Waals surface area (Å²) < 4.78 is 5.84. The molecular weight excluding hydrogens is 426 g/mol. The Labute approximate surface area is 188 Å². The normalized spacial score (nSPS) is 17.3. The fraction of sp³-hybridized carbons (Fsp3) is 0.208. The summed E-state index contributed by atoms with van der Waals surface area (Å²) in [6, 6.07) is 9.93. The Bertz CT molecular complexity index is 1320. The highest BCUT2D eigenvalue weighted by molar-refractivity contribution is 6.22.